The molecule has 3 heterocycles. The number of unbranched alkanes of at least 4 members (excludes halogenated alkanes) is 2. The Hall–Kier alpha value is -2.68. The van der Waals surface area contributed by atoms with E-state index in [-0.39, 0.29) is 37.5 Å². The molecule has 0 aliphatic carbocycles. The van der Waals surface area contributed by atoms with Gasteiger partial charge in [0, 0.05) is 6.54 Å². The van der Waals surface area contributed by atoms with Crippen LogP contribution in [-0.4, -0.2) is 71.3 Å². The number of fused-ring (bicyclic) bond motifs is 1. The minimum atomic E-state index is -1.20. The number of para-hydroxylation sites is 1. The number of anilines is 1. The summed E-state index contributed by atoms with van der Waals surface area (Å²) in [4.78, 5) is 45.0. The third-order valence-electron chi connectivity index (χ3n) is 8.33. The first-order valence-electron chi connectivity index (χ1n) is 13.8. The van der Waals surface area contributed by atoms with Crippen molar-refractivity contribution in [3.63, 3.8) is 0 Å². The molecule has 1 aromatic rings. The number of ether oxygens (including phenoxy) is 2. The van der Waals surface area contributed by atoms with Crippen LogP contribution in [0.15, 0.2) is 49.6 Å². The lowest BCUT2D eigenvalue weighted by Crippen LogP contribution is -2.59. The molecule has 9 heteroatoms. The molecule has 2 amide bonds. The number of carbonyl (C=O) groups excluding carboxylic acids is 3. The van der Waals surface area contributed by atoms with E-state index in [1.165, 1.54) is 9.80 Å². The lowest BCUT2D eigenvalue weighted by atomic mass is 9.70. The summed E-state index contributed by atoms with van der Waals surface area (Å²) >= 11 is 6.50. The number of carbonyl (C=O) groups is 3. The summed E-state index contributed by atoms with van der Waals surface area (Å²) in [5, 5.41) is 10.8. The van der Waals surface area contributed by atoms with E-state index in [1.807, 2.05) is 19.9 Å². The predicted molar refractivity (Wildman–Crippen MR) is 149 cm³/mol. The van der Waals surface area contributed by atoms with Crippen molar-refractivity contribution in [1.29, 1.82) is 0 Å². The Morgan fingerprint density at radius 2 is 2.03 bits per heavy atom. The zero-order chi connectivity index (χ0) is 28.3. The minimum Gasteiger partial charge on any atom is -0.465 e. The van der Waals surface area contributed by atoms with Crippen LogP contribution in [0, 0.1) is 17.8 Å². The van der Waals surface area contributed by atoms with Crippen LogP contribution in [0.3, 0.4) is 0 Å². The fourth-order valence-corrected chi connectivity index (χ4v) is 6.77. The number of rotatable bonds is 13. The monoisotopic (exact) mass is 558 g/mol. The summed E-state index contributed by atoms with van der Waals surface area (Å²) in [6.45, 7) is 11.4. The van der Waals surface area contributed by atoms with Gasteiger partial charge < -0.3 is 24.4 Å². The first-order chi connectivity index (χ1) is 18.7. The van der Waals surface area contributed by atoms with Crippen molar-refractivity contribution in [1.82, 2.24) is 4.90 Å². The van der Waals surface area contributed by atoms with Crippen molar-refractivity contribution >= 4 is 35.1 Å². The maximum atomic E-state index is 14.5. The highest BCUT2D eigenvalue weighted by molar-refractivity contribution is 6.34. The maximum Gasteiger partial charge on any atom is 0.312 e. The first-order valence-corrected chi connectivity index (χ1v) is 14.2. The number of benzene rings is 1. The van der Waals surface area contributed by atoms with Crippen molar-refractivity contribution < 1.29 is 29.0 Å². The molecule has 1 aromatic carbocycles. The fraction of sp³-hybridized carbons (Fsp3) is 0.567. The number of aliphatic hydroxyl groups is 1. The number of aliphatic hydroxyl groups excluding tert-OH is 1. The number of halogens is 1. The highest BCUT2D eigenvalue weighted by Gasteiger charge is 2.75. The smallest absolute Gasteiger partial charge is 0.312 e. The molecule has 3 fully saturated rings. The van der Waals surface area contributed by atoms with Gasteiger partial charge in [0.05, 0.1) is 47.9 Å². The second-order valence-corrected chi connectivity index (χ2v) is 11.3. The number of esters is 1. The molecular formula is C30H39ClN2O6. The van der Waals surface area contributed by atoms with Crippen LogP contribution < -0.4 is 4.90 Å². The van der Waals surface area contributed by atoms with E-state index in [0.717, 1.165) is 12.8 Å². The van der Waals surface area contributed by atoms with E-state index in [1.54, 1.807) is 30.3 Å². The summed E-state index contributed by atoms with van der Waals surface area (Å²) in [5.41, 5.74) is -0.710. The van der Waals surface area contributed by atoms with Crippen molar-refractivity contribution in [2.75, 3.05) is 24.7 Å². The van der Waals surface area contributed by atoms with Crippen LogP contribution in [0.4, 0.5) is 5.69 Å². The lowest BCUT2D eigenvalue weighted by molar-refractivity contribution is -0.156. The molecule has 1 spiro atoms. The SMILES string of the molecule is C=CCCCCOC(=O)[C@@H]1[C@H]2C(=O)N([C@@H](CO)C(C)C)C(C(=O)N(CC=C)c3ccccc3Cl)C23CC[C@H]1O3. The minimum absolute atomic E-state index is 0.148. The molecule has 1 N–H and O–H groups in total. The van der Waals surface area contributed by atoms with E-state index < -0.39 is 41.6 Å². The second kappa shape index (κ2) is 12.2. The van der Waals surface area contributed by atoms with Gasteiger partial charge in [0.2, 0.25) is 5.91 Å². The quantitative estimate of drug-likeness (QED) is 0.222. The molecule has 39 heavy (non-hydrogen) atoms. The van der Waals surface area contributed by atoms with E-state index in [4.69, 9.17) is 21.1 Å². The third-order valence-corrected chi connectivity index (χ3v) is 8.65. The average Bonchev–Trinajstić information content (AvgIpc) is 3.55. The molecule has 212 valence electrons. The topological polar surface area (TPSA) is 96.4 Å². The number of nitrogens with zero attached hydrogens (tertiary/aromatic N) is 2. The number of allylic oxidation sites excluding steroid dienone is 1. The van der Waals surface area contributed by atoms with Gasteiger partial charge in [-0.05, 0) is 50.2 Å². The average molecular weight is 559 g/mol. The van der Waals surface area contributed by atoms with Crippen LogP contribution in [-0.2, 0) is 23.9 Å². The molecular weight excluding hydrogens is 520 g/mol. The first kappa shape index (κ1) is 29.3. The van der Waals surface area contributed by atoms with Gasteiger partial charge in [0.25, 0.3) is 5.91 Å². The summed E-state index contributed by atoms with van der Waals surface area (Å²) < 4.78 is 12.1. The molecule has 2 bridgehead atoms. The van der Waals surface area contributed by atoms with Crippen molar-refractivity contribution in [2.45, 2.75) is 69.7 Å². The maximum absolute atomic E-state index is 14.5. The van der Waals surface area contributed by atoms with E-state index in [2.05, 4.69) is 13.2 Å². The Labute approximate surface area is 235 Å². The zero-order valence-electron chi connectivity index (χ0n) is 22.8. The molecule has 0 saturated carbocycles. The predicted octanol–water partition coefficient (Wildman–Crippen LogP) is 4.15. The summed E-state index contributed by atoms with van der Waals surface area (Å²) in [7, 11) is 0. The molecule has 3 aliphatic rings. The van der Waals surface area contributed by atoms with Gasteiger partial charge in [0.1, 0.15) is 11.6 Å². The van der Waals surface area contributed by atoms with Crippen molar-refractivity contribution in [3.05, 3.63) is 54.6 Å². The normalized spacial score (nSPS) is 27.9. The molecule has 3 saturated heterocycles. The van der Waals surface area contributed by atoms with Gasteiger partial charge in [-0.15, -0.1) is 13.2 Å². The largest absolute Gasteiger partial charge is 0.465 e. The molecule has 0 radical (unpaired) electrons. The van der Waals surface area contributed by atoms with Crippen molar-refractivity contribution in [2.24, 2.45) is 17.8 Å². The number of amides is 2. The van der Waals surface area contributed by atoms with Gasteiger partial charge in [-0.25, -0.2) is 0 Å². The van der Waals surface area contributed by atoms with E-state index in [0.29, 0.717) is 30.0 Å². The van der Waals surface area contributed by atoms with Crippen LogP contribution in [0.2, 0.25) is 5.02 Å². The van der Waals surface area contributed by atoms with Crippen LogP contribution >= 0.6 is 11.6 Å². The Morgan fingerprint density at radius 3 is 2.67 bits per heavy atom. The van der Waals surface area contributed by atoms with Gasteiger partial charge in [-0.2, -0.15) is 0 Å². The van der Waals surface area contributed by atoms with Crippen LogP contribution in [0.5, 0.6) is 0 Å². The molecule has 0 aromatic heterocycles. The zero-order valence-corrected chi connectivity index (χ0v) is 23.5. The third kappa shape index (κ3) is 5.14. The van der Waals surface area contributed by atoms with Gasteiger partial charge in [-0.1, -0.05) is 49.7 Å². The fourth-order valence-electron chi connectivity index (χ4n) is 6.53. The van der Waals surface area contributed by atoms with Gasteiger partial charge >= 0.3 is 5.97 Å². The molecule has 4 rings (SSSR count). The summed E-state index contributed by atoms with van der Waals surface area (Å²) in [6, 6.07) is 5.32. The van der Waals surface area contributed by atoms with E-state index >= 15 is 0 Å². The van der Waals surface area contributed by atoms with Crippen LogP contribution in [0.1, 0.15) is 46.0 Å². The highest BCUT2D eigenvalue weighted by Crippen LogP contribution is 2.59. The van der Waals surface area contributed by atoms with E-state index in [9.17, 15) is 19.5 Å². The highest BCUT2D eigenvalue weighted by atomic mass is 35.5. The number of likely N-dealkylation sites (tertiary alicyclic amines) is 1. The van der Waals surface area contributed by atoms with Crippen LogP contribution in [0.25, 0.3) is 0 Å². The molecule has 8 nitrogen and oxygen atoms in total. The lowest BCUT2D eigenvalue weighted by Gasteiger charge is -2.40. The van der Waals surface area contributed by atoms with Crippen molar-refractivity contribution in [3.8, 4) is 0 Å². The summed E-state index contributed by atoms with van der Waals surface area (Å²) in [5.74, 6) is -3.01. The molecule has 6 atom stereocenters. The molecule has 2 unspecified atom stereocenters. The Kier molecular flexibility index (Phi) is 9.19. The standard InChI is InChI=1S/C30H39ClN2O6/c1-5-7-8-11-17-38-29(37)24-23-14-15-30(39-23)25(24)27(35)33(22(18-34)19(3)4)26(30)28(36)32(16-6-2)21-13-10-9-12-20(21)31/h5-6,9-10,12-13,19,22-26,34H,1-2,7-8,11,14-18H2,3-4H3/t22-,23+,24-,25-,26?,30?/m0/s1. The number of hydrogen-bond donors (Lipinski definition) is 1. The Bertz CT molecular complexity index is 1110. The Balaban J connectivity index is 1.73. The second-order valence-electron chi connectivity index (χ2n) is 10.9. The summed E-state index contributed by atoms with van der Waals surface area (Å²) in [6.07, 6.45) is 6.29. The van der Waals surface area contributed by atoms with Gasteiger partial charge in [0.15, 0.2) is 0 Å². The van der Waals surface area contributed by atoms with Gasteiger partial charge in [-0.3, -0.25) is 14.4 Å². The Morgan fingerprint density at radius 1 is 1.28 bits per heavy atom. The molecule has 3 aliphatic heterocycles. The number of hydrogen-bond acceptors (Lipinski definition) is 6.